The first kappa shape index (κ1) is 29.4. The van der Waals surface area contributed by atoms with E-state index in [1.54, 1.807) is 12.1 Å². The van der Waals surface area contributed by atoms with Crippen LogP contribution in [0.5, 0.6) is 5.75 Å². The van der Waals surface area contributed by atoms with Crippen LogP contribution in [0.4, 0.5) is 0 Å². The average molecular weight is 543 g/mol. The van der Waals surface area contributed by atoms with Crippen molar-refractivity contribution in [3.63, 3.8) is 0 Å². The summed E-state index contributed by atoms with van der Waals surface area (Å²) in [6, 6.07) is 5.15. The van der Waals surface area contributed by atoms with Gasteiger partial charge in [0.05, 0.1) is 30.7 Å². The minimum absolute atomic E-state index is 0.0264. The molecule has 5 rings (SSSR count). The lowest BCUT2D eigenvalue weighted by Gasteiger charge is -2.64. The standard InChI is InChI=1S/C29H42BNO8/c1-8-18(9-2)26(33)36-16-37-27(34)21-12-10-11-19(25(21)35-7)13-24(31-17(3)32)30-38-23-15-20-14-22(28(20,4)5)29(23,6)39-30/h10-12,18,20,22-24H,8-9,13-16H2,1-7H3,(H,31,32). The van der Waals surface area contributed by atoms with E-state index in [0.717, 1.165) is 12.8 Å². The van der Waals surface area contributed by atoms with Crippen LogP contribution in [-0.2, 0) is 34.8 Å². The van der Waals surface area contributed by atoms with Crippen molar-refractivity contribution in [3.8, 4) is 5.75 Å². The highest BCUT2D eigenvalue weighted by atomic mass is 16.7. The molecule has 3 saturated carbocycles. The Balaban J connectivity index is 1.48. The second-order valence-corrected chi connectivity index (χ2v) is 11.9. The first-order valence-electron chi connectivity index (χ1n) is 14.1. The Labute approximate surface area is 231 Å². The number of hydrogen-bond acceptors (Lipinski definition) is 8. The molecule has 0 aromatic heterocycles. The maximum absolute atomic E-state index is 12.9. The van der Waals surface area contributed by atoms with Crippen LogP contribution in [-0.4, -0.2) is 56.5 Å². The lowest BCUT2D eigenvalue weighted by Crippen LogP contribution is -2.65. The van der Waals surface area contributed by atoms with E-state index in [1.807, 2.05) is 19.9 Å². The van der Waals surface area contributed by atoms with Gasteiger partial charge >= 0.3 is 19.1 Å². The zero-order chi connectivity index (χ0) is 28.5. The van der Waals surface area contributed by atoms with Gasteiger partial charge in [-0.15, -0.1) is 0 Å². The minimum Gasteiger partial charge on any atom is -0.496 e. The summed E-state index contributed by atoms with van der Waals surface area (Å²) in [5, 5.41) is 3.00. The molecule has 0 radical (unpaired) electrons. The molecule has 5 unspecified atom stereocenters. The van der Waals surface area contributed by atoms with Crippen LogP contribution >= 0.6 is 0 Å². The number of esters is 2. The van der Waals surface area contributed by atoms with Gasteiger partial charge in [0.1, 0.15) is 11.3 Å². The van der Waals surface area contributed by atoms with Crippen molar-refractivity contribution < 1.29 is 37.9 Å². The topological polar surface area (TPSA) is 109 Å². The van der Waals surface area contributed by atoms with Crippen molar-refractivity contribution in [1.29, 1.82) is 0 Å². The van der Waals surface area contributed by atoms with E-state index >= 15 is 0 Å². The average Bonchev–Trinajstić information content (AvgIpc) is 3.25. The molecule has 1 aliphatic heterocycles. The molecule has 1 N–H and O–H groups in total. The van der Waals surface area contributed by atoms with Crippen molar-refractivity contribution >= 4 is 25.0 Å². The fraction of sp³-hybridized carbons (Fsp3) is 0.690. The molecule has 1 aromatic rings. The number of benzene rings is 1. The SMILES string of the molecule is CCC(CC)C(=O)OCOC(=O)c1cccc(CC(NC(C)=O)B2OC3CC4CC(C4(C)C)C3(C)O2)c1OC. The highest BCUT2D eigenvalue weighted by molar-refractivity contribution is 6.48. The number of carbonyl (C=O) groups excluding carboxylic acids is 3. The van der Waals surface area contributed by atoms with Crippen LogP contribution in [0, 0.1) is 23.2 Å². The van der Waals surface area contributed by atoms with E-state index < -0.39 is 37.4 Å². The van der Waals surface area contributed by atoms with Gasteiger partial charge in [-0.05, 0) is 67.9 Å². The Morgan fingerprint density at radius 1 is 1.13 bits per heavy atom. The molecule has 5 atom stereocenters. The first-order chi connectivity index (χ1) is 18.5. The van der Waals surface area contributed by atoms with Crippen molar-refractivity contribution in [3.05, 3.63) is 29.3 Å². The molecule has 1 amide bonds. The molecule has 10 heteroatoms. The summed E-state index contributed by atoms with van der Waals surface area (Å²) in [7, 11) is 0.840. The van der Waals surface area contributed by atoms with E-state index in [-0.39, 0.29) is 28.9 Å². The van der Waals surface area contributed by atoms with Crippen molar-refractivity contribution in [2.45, 2.75) is 91.3 Å². The molecule has 1 saturated heterocycles. The Morgan fingerprint density at radius 3 is 2.46 bits per heavy atom. The molecule has 3 aliphatic carbocycles. The maximum atomic E-state index is 12.9. The smallest absolute Gasteiger partial charge is 0.482 e. The molecule has 39 heavy (non-hydrogen) atoms. The van der Waals surface area contributed by atoms with Gasteiger partial charge in [0, 0.05) is 6.92 Å². The Kier molecular flexibility index (Phi) is 8.66. The Morgan fingerprint density at radius 2 is 1.85 bits per heavy atom. The van der Waals surface area contributed by atoms with Crippen molar-refractivity contribution in [2.75, 3.05) is 13.9 Å². The molecule has 4 aliphatic rings. The van der Waals surface area contributed by atoms with E-state index in [4.69, 9.17) is 23.5 Å². The van der Waals surface area contributed by atoms with Crippen LogP contribution in [0.2, 0.25) is 0 Å². The van der Waals surface area contributed by atoms with Gasteiger partial charge in [-0.25, -0.2) is 4.79 Å². The number of methoxy groups -OCH3 is 1. The van der Waals surface area contributed by atoms with Gasteiger partial charge < -0.3 is 28.8 Å². The third kappa shape index (κ3) is 5.55. The second kappa shape index (κ2) is 11.5. The number of nitrogens with one attached hydrogen (secondary N) is 1. The fourth-order valence-electron chi connectivity index (χ4n) is 6.89. The summed E-state index contributed by atoms with van der Waals surface area (Å²) in [4.78, 5) is 37.2. The van der Waals surface area contributed by atoms with E-state index in [9.17, 15) is 14.4 Å². The number of carbonyl (C=O) groups is 3. The number of para-hydroxylation sites is 1. The third-order valence-electron chi connectivity index (χ3n) is 9.36. The molecular weight excluding hydrogens is 501 g/mol. The molecule has 0 spiro atoms. The van der Waals surface area contributed by atoms with E-state index in [1.165, 1.54) is 14.0 Å². The molecular formula is C29H42BNO8. The lowest BCUT2D eigenvalue weighted by atomic mass is 9.43. The zero-order valence-electron chi connectivity index (χ0n) is 24.2. The second-order valence-electron chi connectivity index (χ2n) is 11.9. The number of rotatable bonds is 11. The van der Waals surface area contributed by atoms with Gasteiger partial charge in [0.15, 0.2) is 0 Å². The van der Waals surface area contributed by atoms with Crippen molar-refractivity contribution in [1.82, 2.24) is 5.32 Å². The lowest BCUT2D eigenvalue weighted by molar-refractivity contribution is -0.199. The van der Waals surface area contributed by atoms with Gasteiger partial charge in [0.25, 0.3) is 0 Å². The monoisotopic (exact) mass is 543 g/mol. The van der Waals surface area contributed by atoms with Gasteiger partial charge in [-0.2, -0.15) is 0 Å². The summed E-state index contributed by atoms with van der Waals surface area (Å²) in [5.41, 5.74) is 0.678. The number of amides is 1. The highest BCUT2D eigenvalue weighted by Crippen LogP contribution is 2.65. The van der Waals surface area contributed by atoms with E-state index in [2.05, 4.69) is 26.1 Å². The van der Waals surface area contributed by atoms with Gasteiger partial charge in [-0.3, -0.25) is 9.59 Å². The third-order valence-corrected chi connectivity index (χ3v) is 9.36. The normalized spacial score (nSPS) is 27.3. The largest absolute Gasteiger partial charge is 0.496 e. The van der Waals surface area contributed by atoms with Gasteiger partial charge in [0.2, 0.25) is 12.7 Å². The molecule has 4 fully saturated rings. The summed E-state index contributed by atoms with van der Waals surface area (Å²) < 4.78 is 29.1. The minimum atomic E-state index is -0.670. The Hall–Kier alpha value is -2.59. The highest BCUT2D eigenvalue weighted by Gasteiger charge is 2.68. The molecule has 214 valence electrons. The predicted octanol–water partition coefficient (Wildman–Crippen LogP) is 4.10. The van der Waals surface area contributed by atoms with Crippen molar-refractivity contribution in [2.24, 2.45) is 23.2 Å². The van der Waals surface area contributed by atoms with Crippen LogP contribution in [0.15, 0.2) is 18.2 Å². The fourth-order valence-corrected chi connectivity index (χ4v) is 6.89. The summed E-state index contributed by atoms with van der Waals surface area (Å²) in [6.07, 6.45) is 3.67. The summed E-state index contributed by atoms with van der Waals surface area (Å²) in [6.45, 7) is 11.5. The number of ether oxygens (including phenoxy) is 3. The summed E-state index contributed by atoms with van der Waals surface area (Å²) in [5.74, 6) is -0.654. The quantitative estimate of drug-likeness (QED) is 0.253. The molecule has 1 heterocycles. The van der Waals surface area contributed by atoms with Gasteiger partial charge in [-0.1, -0.05) is 39.8 Å². The molecule has 9 nitrogen and oxygen atoms in total. The zero-order valence-corrected chi connectivity index (χ0v) is 24.2. The van der Waals surface area contributed by atoms with Crippen LogP contribution in [0.1, 0.15) is 83.1 Å². The van der Waals surface area contributed by atoms with Crippen LogP contribution < -0.4 is 10.1 Å². The van der Waals surface area contributed by atoms with Crippen LogP contribution in [0.25, 0.3) is 0 Å². The Bertz CT molecular complexity index is 1090. The van der Waals surface area contributed by atoms with Crippen LogP contribution in [0.3, 0.4) is 0 Å². The number of hydrogen-bond donors (Lipinski definition) is 1. The summed E-state index contributed by atoms with van der Waals surface area (Å²) >= 11 is 0. The van der Waals surface area contributed by atoms with E-state index in [0.29, 0.717) is 42.4 Å². The maximum Gasteiger partial charge on any atom is 0.482 e. The molecule has 1 aromatic carbocycles. The molecule has 2 bridgehead atoms. The predicted molar refractivity (Wildman–Crippen MR) is 145 cm³/mol. The first-order valence-corrected chi connectivity index (χ1v) is 14.1.